The molecule has 8 nitrogen and oxygen atoms in total. The SMILES string of the molecule is COC(=O)c1cc(C)ccc1NC(=O)CC1C(=O)NC/S1=N\N=C(C)C. The molecule has 0 radical (unpaired) electrons. The van der Waals surface area contributed by atoms with E-state index >= 15 is 0 Å². The van der Waals surface area contributed by atoms with E-state index in [1.165, 1.54) is 7.11 Å². The van der Waals surface area contributed by atoms with Crippen molar-refractivity contribution >= 4 is 39.9 Å². The van der Waals surface area contributed by atoms with E-state index in [9.17, 15) is 14.4 Å². The molecule has 2 unspecified atom stereocenters. The van der Waals surface area contributed by atoms with Gasteiger partial charge in [-0.05, 0) is 43.6 Å². The molecule has 0 aliphatic carbocycles. The maximum atomic E-state index is 12.4. The number of carbonyl (C=O) groups excluding carboxylic acids is 3. The highest BCUT2D eigenvalue weighted by molar-refractivity contribution is 7.89. The Morgan fingerprint density at radius 1 is 1.38 bits per heavy atom. The van der Waals surface area contributed by atoms with Crippen molar-refractivity contribution in [1.82, 2.24) is 5.32 Å². The van der Waals surface area contributed by atoms with Crippen LogP contribution in [-0.4, -0.2) is 41.7 Å². The van der Waals surface area contributed by atoms with Gasteiger partial charge in [0, 0.05) is 12.1 Å². The molecule has 0 saturated carbocycles. The maximum Gasteiger partial charge on any atom is 0.339 e. The fourth-order valence-electron chi connectivity index (χ4n) is 2.31. The number of aryl methyl sites for hydroxylation is 1. The second-order valence-electron chi connectivity index (χ2n) is 6.00. The first-order valence-corrected chi connectivity index (χ1v) is 9.41. The summed E-state index contributed by atoms with van der Waals surface area (Å²) in [7, 11) is 0.591. The van der Waals surface area contributed by atoms with Crippen molar-refractivity contribution in [3.8, 4) is 0 Å². The minimum Gasteiger partial charge on any atom is -0.465 e. The molecule has 2 amide bonds. The average Bonchev–Trinajstić information content (AvgIpc) is 2.94. The van der Waals surface area contributed by atoms with Crippen LogP contribution in [0.3, 0.4) is 0 Å². The van der Waals surface area contributed by atoms with Gasteiger partial charge in [-0.2, -0.15) is 5.10 Å². The largest absolute Gasteiger partial charge is 0.465 e. The van der Waals surface area contributed by atoms with Crippen LogP contribution in [0.5, 0.6) is 0 Å². The average molecular weight is 378 g/mol. The van der Waals surface area contributed by atoms with Crippen LogP contribution in [0.25, 0.3) is 0 Å². The van der Waals surface area contributed by atoms with Gasteiger partial charge in [-0.1, -0.05) is 11.6 Å². The van der Waals surface area contributed by atoms with Gasteiger partial charge in [-0.15, -0.1) is 4.47 Å². The topological polar surface area (TPSA) is 109 Å². The lowest BCUT2D eigenvalue weighted by atomic mass is 10.1. The Morgan fingerprint density at radius 3 is 2.77 bits per heavy atom. The summed E-state index contributed by atoms with van der Waals surface area (Å²) in [5, 5.41) is 8.85. The third-order valence-corrected chi connectivity index (χ3v) is 5.36. The first kappa shape index (κ1) is 19.8. The van der Waals surface area contributed by atoms with E-state index in [0.717, 1.165) is 11.3 Å². The van der Waals surface area contributed by atoms with E-state index in [1.807, 2.05) is 20.8 Å². The van der Waals surface area contributed by atoms with Gasteiger partial charge >= 0.3 is 5.97 Å². The van der Waals surface area contributed by atoms with Gasteiger partial charge in [0.25, 0.3) is 0 Å². The zero-order valence-corrected chi connectivity index (χ0v) is 16.0. The molecule has 1 aromatic rings. The summed E-state index contributed by atoms with van der Waals surface area (Å²) in [5.74, 6) is -0.741. The molecule has 2 rings (SSSR count). The lowest BCUT2D eigenvalue weighted by Gasteiger charge is -2.12. The van der Waals surface area contributed by atoms with Gasteiger partial charge in [0.2, 0.25) is 11.8 Å². The van der Waals surface area contributed by atoms with Crippen molar-refractivity contribution in [3.63, 3.8) is 0 Å². The monoisotopic (exact) mass is 378 g/mol. The maximum absolute atomic E-state index is 12.4. The summed E-state index contributed by atoms with van der Waals surface area (Å²) in [5.41, 5.74) is 2.27. The van der Waals surface area contributed by atoms with Crippen LogP contribution in [0, 0.1) is 6.92 Å². The molecule has 1 aromatic carbocycles. The number of carbonyl (C=O) groups is 3. The van der Waals surface area contributed by atoms with Crippen LogP contribution in [0.2, 0.25) is 0 Å². The fraction of sp³-hybridized carbons (Fsp3) is 0.412. The third kappa shape index (κ3) is 4.98. The van der Waals surface area contributed by atoms with E-state index < -0.39 is 21.9 Å². The van der Waals surface area contributed by atoms with Crippen LogP contribution >= 0.6 is 0 Å². The van der Waals surface area contributed by atoms with Gasteiger partial charge in [0.05, 0.1) is 24.2 Å². The van der Waals surface area contributed by atoms with Crippen molar-refractivity contribution in [3.05, 3.63) is 29.3 Å². The number of nitrogens with one attached hydrogen (secondary N) is 2. The third-order valence-electron chi connectivity index (χ3n) is 3.59. The number of methoxy groups -OCH3 is 1. The second kappa shape index (κ2) is 8.70. The first-order valence-electron chi connectivity index (χ1n) is 8.00. The molecule has 1 fully saturated rings. The van der Waals surface area contributed by atoms with E-state index in [1.54, 1.807) is 18.2 Å². The number of amides is 2. The molecular formula is C17H22N4O4S. The van der Waals surface area contributed by atoms with Crippen LogP contribution in [-0.2, 0) is 25.0 Å². The van der Waals surface area contributed by atoms with E-state index in [4.69, 9.17) is 4.74 Å². The number of benzene rings is 1. The highest BCUT2D eigenvalue weighted by Gasteiger charge is 2.32. The van der Waals surface area contributed by atoms with Gasteiger partial charge in [-0.25, -0.2) is 4.79 Å². The van der Waals surface area contributed by atoms with Crippen LogP contribution in [0.1, 0.15) is 36.2 Å². The molecule has 26 heavy (non-hydrogen) atoms. The standard InChI is InChI=1S/C17H22N4O4S/c1-10(2)20-21-26-9-18-16(23)14(26)8-15(22)19-13-6-5-11(3)7-12(13)17(24)25-4/h5-7,14H,8-9H2,1-4H3,(H,18,23)(H,19,22). The highest BCUT2D eigenvalue weighted by Crippen LogP contribution is 2.20. The van der Waals surface area contributed by atoms with Gasteiger partial charge in [0.1, 0.15) is 5.25 Å². The molecular weight excluding hydrogens is 356 g/mol. The van der Waals surface area contributed by atoms with E-state index in [-0.39, 0.29) is 23.8 Å². The predicted octanol–water partition coefficient (Wildman–Crippen LogP) is 1.76. The molecule has 0 spiro atoms. The Labute approximate surface area is 154 Å². The first-order chi connectivity index (χ1) is 12.3. The Bertz CT molecular complexity index is 800. The van der Waals surface area contributed by atoms with Gasteiger partial charge in [0.15, 0.2) is 0 Å². The van der Waals surface area contributed by atoms with Crippen LogP contribution in [0.15, 0.2) is 27.8 Å². The number of rotatable bonds is 5. The number of hydrogen-bond acceptors (Lipinski definition) is 5. The number of anilines is 1. The van der Waals surface area contributed by atoms with Gasteiger partial charge < -0.3 is 15.4 Å². The summed E-state index contributed by atoms with van der Waals surface area (Å²) in [4.78, 5) is 36.3. The zero-order valence-electron chi connectivity index (χ0n) is 15.2. The molecule has 2 atom stereocenters. The highest BCUT2D eigenvalue weighted by atomic mass is 32.2. The van der Waals surface area contributed by atoms with Crippen LogP contribution in [0.4, 0.5) is 5.69 Å². The normalized spacial score (nSPS) is 19.0. The Kier molecular flexibility index (Phi) is 6.62. The number of nitrogens with zero attached hydrogens (tertiary/aromatic N) is 2. The summed E-state index contributed by atoms with van der Waals surface area (Å²) in [6.07, 6.45) is -0.0365. The van der Waals surface area contributed by atoms with Crippen molar-refractivity contribution in [1.29, 1.82) is 0 Å². The summed E-state index contributed by atoms with van der Waals surface area (Å²) in [6.45, 7) is 5.46. The summed E-state index contributed by atoms with van der Waals surface area (Å²) >= 11 is 0. The quantitative estimate of drug-likeness (QED) is 0.462. The molecule has 0 bridgehead atoms. The lowest BCUT2D eigenvalue weighted by molar-refractivity contribution is -0.123. The molecule has 1 heterocycles. The summed E-state index contributed by atoms with van der Waals surface area (Å²) < 4.78 is 8.92. The second-order valence-corrected chi connectivity index (χ2v) is 7.82. The molecule has 1 aliphatic rings. The molecule has 140 valence electrons. The molecule has 9 heteroatoms. The van der Waals surface area contributed by atoms with Crippen LogP contribution < -0.4 is 10.6 Å². The predicted molar refractivity (Wildman–Crippen MR) is 101 cm³/mol. The zero-order chi connectivity index (χ0) is 19.3. The minimum absolute atomic E-state index is 0.0365. The van der Waals surface area contributed by atoms with E-state index in [0.29, 0.717) is 11.6 Å². The van der Waals surface area contributed by atoms with Crippen molar-refractivity contribution in [2.24, 2.45) is 9.57 Å². The Balaban J connectivity index is 2.16. The number of hydrogen-bond donors (Lipinski definition) is 2. The summed E-state index contributed by atoms with van der Waals surface area (Å²) in [6, 6.07) is 5.06. The number of ether oxygens (including phenoxy) is 1. The van der Waals surface area contributed by atoms with Crippen molar-refractivity contribution < 1.29 is 19.1 Å². The van der Waals surface area contributed by atoms with Crippen molar-refractivity contribution in [2.75, 3.05) is 18.3 Å². The Hall–Kier alpha value is -2.55. The Morgan fingerprint density at radius 2 is 2.12 bits per heavy atom. The smallest absolute Gasteiger partial charge is 0.339 e. The lowest BCUT2D eigenvalue weighted by Crippen LogP contribution is -2.29. The minimum atomic E-state index is -0.689. The fourth-order valence-corrected chi connectivity index (χ4v) is 3.91. The van der Waals surface area contributed by atoms with Crippen molar-refractivity contribution in [2.45, 2.75) is 32.4 Å². The molecule has 0 aromatic heterocycles. The molecule has 2 N–H and O–H groups in total. The molecule has 1 saturated heterocycles. The molecule has 1 aliphatic heterocycles. The van der Waals surface area contributed by atoms with Gasteiger partial charge in [-0.3, -0.25) is 9.59 Å². The van der Waals surface area contributed by atoms with E-state index in [2.05, 4.69) is 20.2 Å². The number of esters is 1.